The molecular formula is C19H26KO4S-. The topological polar surface area (TPSA) is 63.6 Å². The van der Waals surface area contributed by atoms with Gasteiger partial charge in [0.1, 0.15) is 5.75 Å². The van der Waals surface area contributed by atoms with Crippen molar-refractivity contribution in [2.45, 2.75) is 38.0 Å². The first-order chi connectivity index (χ1) is 10.9. The molecule has 0 aromatic heterocycles. The molecule has 2 aromatic carbocycles. The van der Waals surface area contributed by atoms with Crippen molar-refractivity contribution in [3.63, 3.8) is 0 Å². The second kappa shape index (κ2) is 13.9. The molecule has 0 heterocycles. The number of hydrogen-bond acceptors (Lipinski definition) is 3. The van der Waals surface area contributed by atoms with E-state index in [1.54, 1.807) is 13.2 Å². The van der Waals surface area contributed by atoms with Crippen LogP contribution in [0.5, 0.6) is 5.75 Å². The van der Waals surface area contributed by atoms with Gasteiger partial charge in [-0.3, -0.25) is 4.55 Å². The van der Waals surface area contributed by atoms with Crippen molar-refractivity contribution in [3.8, 4) is 5.75 Å². The van der Waals surface area contributed by atoms with Crippen LogP contribution in [0.1, 0.15) is 30.9 Å². The van der Waals surface area contributed by atoms with Crippen LogP contribution in [0.15, 0.2) is 47.4 Å². The summed E-state index contributed by atoms with van der Waals surface area (Å²) >= 11 is 0. The fourth-order valence-corrected chi connectivity index (χ4v) is 2.41. The van der Waals surface area contributed by atoms with Crippen LogP contribution in [0.25, 0.3) is 0 Å². The molecule has 0 spiro atoms. The van der Waals surface area contributed by atoms with Crippen LogP contribution in [0.3, 0.4) is 0 Å². The van der Waals surface area contributed by atoms with Crippen molar-refractivity contribution in [2.75, 3.05) is 7.11 Å². The molecule has 134 valence electrons. The van der Waals surface area contributed by atoms with E-state index in [0.29, 0.717) is 0 Å². The van der Waals surface area contributed by atoms with E-state index in [4.69, 9.17) is 9.29 Å². The van der Waals surface area contributed by atoms with E-state index < -0.39 is 10.1 Å². The summed E-state index contributed by atoms with van der Waals surface area (Å²) in [4.78, 5) is -0.130. The smallest absolute Gasteiger partial charge is 0.496 e. The second-order valence-electron chi connectivity index (χ2n) is 5.12. The SMILES string of the molecule is CCCCc1ccc(C)c(OC)c1.O=S(=O)(O)c1c[c-]ccc1.[CH3-].[K+]. The van der Waals surface area contributed by atoms with E-state index in [9.17, 15) is 8.42 Å². The molecule has 0 unspecified atom stereocenters. The molecule has 6 heteroatoms. The summed E-state index contributed by atoms with van der Waals surface area (Å²) in [6, 6.07) is 14.5. The number of unbranched alkanes of at least 4 members (excludes halogenated alkanes) is 1. The molecule has 0 bridgehead atoms. The van der Waals surface area contributed by atoms with Gasteiger partial charge in [-0.15, -0.1) is 0 Å². The molecule has 0 radical (unpaired) electrons. The minimum atomic E-state index is -4.03. The number of methoxy groups -OCH3 is 1. The van der Waals surface area contributed by atoms with Crippen molar-refractivity contribution in [3.05, 3.63) is 67.1 Å². The number of hydrogen-bond donors (Lipinski definition) is 1. The Morgan fingerprint density at radius 1 is 1.24 bits per heavy atom. The molecule has 0 aliphatic carbocycles. The summed E-state index contributed by atoms with van der Waals surface area (Å²) in [7, 11) is -2.31. The quantitative estimate of drug-likeness (QED) is 0.479. The third-order valence-electron chi connectivity index (χ3n) is 3.27. The Morgan fingerprint density at radius 2 is 1.92 bits per heavy atom. The van der Waals surface area contributed by atoms with E-state index in [1.807, 2.05) is 0 Å². The van der Waals surface area contributed by atoms with E-state index in [1.165, 1.54) is 42.2 Å². The maximum Gasteiger partial charge on any atom is 1.00 e. The molecule has 1 N–H and O–H groups in total. The fourth-order valence-electron chi connectivity index (χ4n) is 1.94. The predicted octanol–water partition coefficient (Wildman–Crippen LogP) is 1.53. The first-order valence-electron chi connectivity index (χ1n) is 7.45. The van der Waals surface area contributed by atoms with Gasteiger partial charge < -0.3 is 12.2 Å². The molecule has 0 fully saturated rings. The number of benzene rings is 2. The molecule has 0 aliphatic heterocycles. The Bertz CT molecular complexity index is 701. The molecule has 0 saturated carbocycles. The van der Waals surface area contributed by atoms with Crippen molar-refractivity contribution < 1.29 is 69.1 Å². The number of aryl methyl sites for hydroxylation is 2. The van der Waals surface area contributed by atoms with Crippen molar-refractivity contribution >= 4 is 10.1 Å². The van der Waals surface area contributed by atoms with Crippen molar-refractivity contribution in [2.24, 2.45) is 0 Å². The van der Waals surface area contributed by atoms with Crippen LogP contribution >= 0.6 is 0 Å². The fraction of sp³-hybridized carbons (Fsp3) is 0.316. The minimum absolute atomic E-state index is 0. The van der Waals surface area contributed by atoms with Gasteiger partial charge >= 0.3 is 51.4 Å². The first-order valence-corrected chi connectivity index (χ1v) is 8.89. The van der Waals surface area contributed by atoms with Gasteiger partial charge in [-0.1, -0.05) is 25.5 Å². The average molecular weight is 390 g/mol. The maximum absolute atomic E-state index is 10.4. The molecule has 2 aromatic rings. The minimum Gasteiger partial charge on any atom is -0.496 e. The van der Waals surface area contributed by atoms with Gasteiger partial charge in [0.15, 0.2) is 0 Å². The van der Waals surface area contributed by atoms with Gasteiger partial charge in [0.05, 0.1) is 7.11 Å². The largest absolute Gasteiger partial charge is 1.00 e. The Balaban J connectivity index is 0. The van der Waals surface area contributed by atoms with Crippen LogP contribution in [0.2, 0.25) is 0 Å². The van der Waals surface area contributed by atoms with Crippen LogP contribution in [-0.2, 0) is 16.5 Å². The van der Waals surface area contributed by atoms with Gasteiger partial charge in [-0.05, 0) is 41.9 Å². The third-order valence-corrected chi connectivity index (χ3v) is 4.12. The number of ether oxygens (including phenoxy) is 1. The summed E-state index contributed by atoms with van der Waals surface area (Å²) in [6.07, 6.45) is 3.66. The van der Waals surface area contributed by atoms with E-state index in [0.717, 1.165) is 12.2 Å². The third kappa shape index (κ3) is 10.5. The molecule has 0 amide bonds. The summed E-state index contributed by atoms with van der Waals surface area (Å²) < 4.78 is 34.4. The van der Waals surface area contributed by atoms with Gasteiger partial charge in [-0.2, -0.15) is 30.3 Å². The van der Waals surface area contributed by atoms with Gasteiger partial charge in [-0.25, -0.2) is 8.42 Å². The molecule has 2 rings (SSSR count). The van der Waals surface area contributed by atoms with E-state index in [2.05, 4.69) is 38.1 Å². The Labute approximate surface area is 195 Å². The molecular weight excluding hydrogens is 363 g/mol. The van der Waals surface area contributed by atoms with Crippen LogP contribution in [-0.4, -0.2) is 20.1 Å². The van der Waals surface area contributed by atoms with Crippen molar-refractivity contribution in [1.82, 2.24) is 0 Å². The van der Waals surface area contributed by atoms with Crippen LogP contribution in [0, 0.1) is 20.4 Å². The summed E-state index contributed by atoms with van der Waals surface area (Å²) in [5.41, 5.74) is 2.59. The molecule has 25 heavy (non-hydrogen) atoms. The standard InChI is InChI=1S/C12H18O.C6H5O3S.CH3.K/c1-4-5-6-11-8-7-10(2)12(9-11)13-3;7-10(8,9)6-4-2-1-3-5-6;;/h7-9H,4-6H2,1-3H3;1-2,4-5H,(H,7,8,9);1H3;/q;2*-1;+1. The monoisotopic (exact) mass is 389 g/mol. The predicted molar refractivity (Wildman–Crippen MR) is 97.8 cm³/mol. The maximum atomic E-state index is 10.4. The molecule has 4 nitrogen and oxygen atoms in total. The number of rotatable bonds is 5. The zero-order valence-corrected chi connectivity index (χ0v) is 19.7. The Morgan fingerprint density at radius 3 is 2.36 bits per heavy atom. The van der Waals surface area contributed by atoms with Crippen molar-refractivity contribution in [1.29, 1.82) is 0 Å². The average Bonchev–Trinajstić information content (AvgIpc) is 2.55. The van der Waals surface area contributed by atoms with Gasteiger partial charge in [0.2, 0.25) is 10.1 Å². The van der Waals surface area contributed by atoms with E-state index >= 15 is 0 Å². The Kier molecular flexibility index (Phi) is 15.0. The summed E-state index contributed by atoms with van der Waals surface area (Å²) in [5, 5.41) is 0. The van der Waals surface area contributed by atoms with Crippen LogP contribution < -0.4 is 56.1 Å². The Hall–Kier alpha value is -0.214. The summed E-state index contributed by atoms with van der Waals surface area (Å²) in [5.74, 6) is 1.01. The van der Waals surface area contributed by atoms with Gasteiger partial charge in [0, 0.05) is 0 Å². The van der Waals surface area contributed by atoms with Crippen LogP contribution in [0.4, 0.5) is 0 Å². The zero-order chi connectivity index (χ0) is 17.3. The zero-order valence-electron chi connectivity index (χ0n) is 15.7. The van der Waals surface area contributed by atoms with Gasteiger partial charge in [0.25, 0.3) is 0 Å². The molecule has 0 atom stereocenters. The van der Waals surface area contributed by atoms with E-state index in [-0.39, 0.29) is 63.7 Å². The second-order valence-corrected chi connectivity index (χ2v) is 6.54. The molecule has 0 aliphatic rings. The molecule has 0 saturated heterocycles. The normalized spacial score (nSPS) is 9.76. The first kappa shape index (κ1) is 27.0. The summed E-state index contributed by atoms with van der Waals surface area (Å²) in [6.45, 7) is 4.29.